The molecule has 0 heterocycles. The summed E-state index contributed by atoms with van der Waals surface area (Å²) >= 11 is 4.17. The van der Waals surface area contributed by atoms with Crippen LogP contribution in [0.15, 0.2) is 48.5 Å². The van der Waals surface area contributed by atoms with Crippen LogP contribution in [-0.4, -0.2) is 18.1 Å². The number of aryl methyl sites for hydroxylation is 1. The molecule has 0 unspecified atom stereocenters. The van der Waals surface area contributed by atoms with Crippen LogP contribution in [0.4, 0.5) is 5.69 Å². The van der Waals surface area contributed by atoms with Gasteiger partial charge in [-0.2, -0.15) is 12.6 Å². The predicted octanol–water partition coefficient (Wildman–Crippen LogP) is 3.57. The monoisotopic (exact) mass is 271 g/mol. The number of hydrogen-bond acceptors (Lipinski definition) is 3. The summed E-state index contributed by atoms with van der Waals surface area (Å²) in [7, 11) is 0. The molecule has 2 rings (SSSR count). The van der Waals surface area contributed by atoms with Gasteiger partial charge < -0.3 is 5.32 Å². The van der Waals surface area contributed by atoms with Gasteiger partial charge in [-0.1, -0.05) is 30.3 Å². The third kappa shape index (κ3) is 3.38. The van der Waals surface area contributed by atoms with Crippen molar-refractivity contribution in [2.24, 2.45) is 0 Å². The normalized spacial score (nSPS) is 10.2. The van der Waals surface area contributed by atoms with Gasteiger partial charge in [0, 0.05) is 29.1 Å². The van der Waals surface area contributed by atoms with Gasteiger partial charge in [-0.25, -0.2) is 0 Å². The van der Waals surface area contributed by atoms with Crippen molar-refractivity contribution in [1.82, 2.24) is 0 Å². The van der Waals surface area contributed by atoms with Crippen molar-refractivity contribution in [2.45, 2.75) is 6.92 Å². The first-order valence-corrected chi connectivity index (χ1v) is 6.91. The Morgan fingerprint density at radius 2 is 1.84 bits per heavy atom. The van der Waals surface area contributed by atoms with E-state index in [1.807, 2.05) is 55.5 Å². The number of anilines is 1. The maximum absolute atomic E-state index is 12.3. The van der Waals surface area contributed by atoms with Crippen LogP contribution in [0.25, 0.3) is 0 Å². The number of ketones is 1. The zero-order valence-corrected chi connectivity index (χ0v) is 11.8. The number of benzene rings is 2. The smallest absolute Gasteiger partial charge is 0.193 e. The van der Waals surface area contributed by atoms with Crippen LogP contribution < -0.4 is 5.32 Å². The van der Waals surface area contributed by atoms with Crippen LogP contribution in [0.2, 0.25) is 0 Å². The lowest BCUT2D eigenvalue weighted by Crippen LogP contribution is -2.06. The second kappa shape index (κ2) is 6.43. The maximum Gasteiger partial charge on any atom is 0.193 e. The fourth-order valence-corrected chi connectivity index (χ4v) is 2.06. The molecule has 2 aromatic rings. The topological polar surface area (TPSA) is 29.1 Å². The van der Waals surface area contributed by atoms with Gasteiger partial charge in [-0.3, -0.25) is 4.79 Å². The van der Waals surface area contributed by atoms with Crippen LogP contribution in [-0.2, 0) is 0 Å². The molecule has 1 N–H and O–H groups in total. The molecule has 0 aliphatic heterocycles. The first kappa shape index (κ1) is 13.7. The van der Waals surface area contributed by atoms with E-state index in [1.54, 1.807) is 0 Å². The van der Waals surface area contributed by atoms with E-state index >= 15 is 0 Å². The van der Waals surface area contributed by atoms with Crippen molar-refractivity contribution in [1.29, 1.82) is 0 Å². The van der Waals surface area contributed by atoms with Crippen molar-refractivity contribution < 1.29 is 4.79 Å². The third-order valence-electron chi connectivity index (χ3n) is 2.95. The average Bonchev–Trinajstić information content (AvgIpc) is 2.46. The summed E-state index contributed by atoms with van der Waals surface area (Å²) in [6, 6.07) is 15.1. The Kier molecular flexibility index (Phi) is 4.63. The van der Waals surface area contributed by atoms with Crippen molar-refractivity contribution in [3.63, 3.8) is 0 Å². The van der Waals surface area contributed by atoms with E-state index in [0.717, 1.165) is 34.7 Å². The van der Waals surface area contributed by atoms with Gasteiger partial charge in [0.25, 0.3) is 0 Å². The number of carbonyl (C=O) groups excluding carboxylic acids is 1. The molecular formula is C16H17NOS. The summed E-state index contributed by atoms with van der Waals surface area (Å²) in [4.78, 5) is 12.3. The second-order valence-corrected chi connectivity index (χ2v) is 4.82. The number of nitrogens with one attached hydrogen (secondary N) is 1. The molecule has 0 radical (unpaired) electrons. The molecule has 0 fully saturated rings. The van der Waals surface area contributed by atoms with Crippen molar-refractivity contribution >= 4 is 24.1 Å². The molecule has 0 saturated carbocycles. The first-order chi connectivity index (χ1) is 9.22. The third-order valence-corrected chi connectivity index (χ3v) is 3.18. The van der Waals surface area contributed by atoms with Crippen molar-refractivity contribution in [2.75, 3.05) is 17.6 Å². The van der Waals surface area contributed by atoms with Gasteiger partial charge in [0.15, 0.2) is 5.78 Å². The van der Waals surface area contributed by atoms with Gasteiger partial charge in [-0.15, -0.1) is 0 Å². The number of hydrogen-bond donors (Lipinski definition) is 2. The highest BCUT2D eigenvalue weighted by Crippen LogP contribution is 2.18. The average molecular weight is 271 g/mol. The largest absolute Gasteiger partial charge is 0.384 e. The molecule has 0 bridgehead atoms. The zero-order valence-electron chi connectivity index (χ0n) is 10.9. The highest BCUT2D eigenvalue weighted by molar-refractivity contribution is 7.80. The van der Waals surface area contributed by atoms with E-state index in [2.05, 4.69) is 17.9 Å². The zero-order chi connectivity index (χ0) is 13.7. The number of carbonyl (C=O) groups is 1. The summed E-state index contributed by atoms with van der Waals surface area (Å²) in [6.07, 6.45) is 0. The summed E-state index contributed by atoms with van der Waals surface area (Å²) in [6.45, 7) is 2.82. The van der Waals surface area contributed by atoms with E-state index in [0.29, 0.717) is 0 Å². The van der Waals surface area contributed by atoms with E-state index in [9.17, 15) is 4.79 Å². The molecule has 0 atom stereocenters. The van der Waals surface area contributed by atoms with Crippen molar-refractivity contribution in [3.05, 3.63) is 65.2 Å². The molecule has 0 aliphatic carbocycles. The minimum Gasteiger partial charge on any atom is -0.384 e. The van der Waals surface area contributed by atoms with Crippen LogP contribution >= 0.6 is 12.6 Å². The molecule has 3 heteroatoms. The number of thiol groups is 1. The van der Waals surface area contributed by atoms with E-state index in [1.165, 1.54) is 0 Å². The Balaban J connectivity index is 2.22. The van der Waals surface area contributed by atoms with Gasteiger partial charge in [0.1, 0.15) is 0 Å². The van der Waals surface area contributed by atoms with Crippen LogP contribution in [0, 0.1) is 6.92 Å². The van der Waals surface area contributed by atoms with E-state index < -0.39 is 0 Å². The number of rotatable bonds is 5. The highest BCUT2D eigenvalue weighted by Gasteiger charge is 2.09. The lowest BCUT2D eigenvalue weighted by molar-refractivity contribution is 0.103. The second-order valence-electron chi connectivity index (χ2n) is 4.38. The standard InChI is InChI=1S/C16H17NOS/c1-12-11-14(7-8-15(12)17-9-10-19)16(18)13-5-3-2-4-6-13/h2-8,11,17,19H,9-10H2,1H3. The Hall–Kier alpha value is -1.74. The fraction of sp³-hybridized carbons (Fsp3) is 0.188. The summed E-state index contributed by atoms with van der Waals surface area (Å²) in [5, 5.41) is 3.28. The van der Waals surface area contributed by atoms with Crippen LogP contribution in [0.3, 0.4) is 0 Å². The Morgan fingerprint density at radius 1 is 1.11 bits per heavy atom. The maximum atomic E-state index is 12.3. The SMILES string of the molecule is Cc1cc(C(=O)c2ccccc2)ccc1NCCS. The Morgan fingerprint density at radius 3 is 2.47 bits per heavy atom. The fourth-order valence-electron chi connectivity index (χ4n) is 1.95. The minimum absolute atomic E-state index is 0.0597. The quantitative estimate of drug-likeness (QED) is 0.643. The van der Waals surface area contributed by atoms with Gasteiger partial charge >= 0.3 is 0 Å². The summed E-state index contributed by atoms with van der Waals surface area (Å²) in [5.41, 5.74) is 3.57. The minimum atomic E-state index is 0.0597. The highest BCUT2D eigenvalue weighted by atomic mass is 32.1. The molecule has 0 amide bonds. The van der Waals surface area contributed by atoms with Gasteiger partial charge in [0.05, 0.1) is 0 Å². The van der Waals surface area contributed by atoms with Gasteiger partial charge in [-0.05, 0) is 30.7 Å². The molecule has 0 spiro atoms. The van der Waals surface area contributed by atoms with E-state index in [4.69, 9.17) is 0 Å². The molecule has 98 valence electrons. The lowest BCUT2D eigenvalue weighted by atomic mass is 10.0. The van der Waals surface area contributed by atoms with Crippen LogP contribution in [0.5, 0.6) is 0 Å². The van der Waals surface area contributed by atoms with Crippen molar-refractivity contribution in [3.8, 4) is 0 Å². The molecule has 0 saturated heterocycles. The van der Waals surface area contributed by atoms with E-state index in [-0.39, 0.29) is 5.78 Å². The Bertz CT molecular complexity index is 566. The predicted molar refractivity (Wildman–Crippen MR) is 83.4 cm³/mol. The summed E-state index contributed by atoms with van der Waals surface area (Å²) in [5.74, 6) is 0.842. The molecular weight excluding hydrogens is 254 g/mol. The van der Waals surface area contributed by atoms with Crippen LogP contribution in [0.1, 0.15) is 21.5 Å². The molecule has 0 aliphatic rings. The molecule has 0 aromatic heterocycles. The molecule has 2 aromatic carbocycles. The summed E-state index contributed by atoms with van der Waals surface area (Å²) < 4.78 is 0. The Labute approximate surface area is 119 Å². The molecule has 19 heavy (non-hydrogen) atoms. The first-order valence-electron chi connectivity index (χ1n) is 6.27. The lowest BCUT2D eigenvalue weighted by Gasteiger charge is -2.10. The van der Waals surface area contributed by atoms with Gasteiger partial charge in [0.2, 0.25) is 0 Å². The molecule has 2 nitrogen and oxygen atoms in total.